The van der Waals surface area contributed by atoms with Gasteiger partial charge in [0.25, 0.3) is 0 Å². The van der Waals surface area contributed by atoms with E-state index in [4.69, 9.17) is 22.1 Å². The van der Waals surface area contributed by atoms with E-state index in [0.29, 0.717) is 11.6 Å². The minimum absolute atomic E-state index is 0.107. The topological polar surface area (TPSA) is 35.2 Å². The van der Waals surface area contributed by atoms with Crippen molar-refractivity contribution in [1.29, 1.82) is 0 Å². The molecule has 2 N–H and O–H groups in total. The molecule has 3 heteroatoms. The second kappa shape index (κ2) is 5.10. The standard InChI is InChI=1S/C10H14ClNO/c1-2-9(12)7-13-10-5-3-8(11)4-6-10/h3-6,9H,2,7,12H2,1H3/t9-/m1/s1. The summed E-state index contributed by atoms with van der Waals surface area (Å²) >= 11 is 5.72. The molecule has 0 unspecified atom stereocenters. The molecule has 0 amide bonds. The van der Waals surface area contributed by atoms with Gasteiger partial charge in [-0.25, -0.2) is 0 Å². The first-order chi connectivity index (χ1) is 6.22. The van der Waals surface area contributed by atoms with Crippen molar-refractivity contribution >= 4 is 11.6 Å². The van der Waals surface area contributed by atoms with Gasteiger partial charge in [-0.15, -0.1) is 0 Å². The van der Waals surface area contributed by atoms with Gasteiger partial charge in [0.2, 0.25) is 0 Å². The molecule has 0 heterocycles. The van der Waals surface area contributed by atoms with Crippen molar-refractivity contribution in [1.82, 2.24) is 0 Å². The largest absolute Gasteiger partial charge is 0.492 e. The van der Waals surface area contributed by atoms with Crippen LogP contribution in [0, 0.1) is 0 Å². The summed E-state index contributed by atoms with van der Waals surface area (Å²) in [6.07, 6.45) is 0.924. The van der Waals surface area contributed by atoms with Gasteiger partial charge in [0.05, 0.1) is 0 Å². The van der Waals surface area contributed by atoms with Gasteiger partial charge >= 0.3 is 0 Å². The number of halogens is 1. The first-order valence-corrected chi connectivity index (χ1v) is 4.74. The normalized spacial score (nSPS) is 12.5. The molecule has 0 aliphatic rings. The van der Waals surface area contributed by atoms with Gasteiger partial charge < -0.3 is 10.5 Å². The Kier molecular flexibility index (Phi) is 4.06. The van der Waals surface area contributed by atoms with Crippen molar-refractivity contribution in [2.75, 3.05) is 6.61 Å². The molecule has 0 aliphatic heterocycles. The van der Waals surface area contributed by atoms with E-state index in [-0.39, 0.29) is 6.04 Å². The summed E-state index contributed by atoms with van der Waals surface area (Å²) in [6.45, 7) is 2.59. The van der Waals surface area contributed by atoms with Crippen LogP contribution < -0.4 is 10.5 Å². The van der Waals surface area contributed by atoms with Gasteiger partial charge in [-0.05, 0) is 30.7 Å². The highest BCUT2D eigenvalue weighted by molar-refractivity contribution is 6.30. The molecule has 72 valence electrons. The van der Waals surface area contributed by atoms with Gasteiger partial charge in [-0.3, -0.25) is 0 Å². The van der Waals surface area contributed by atoms with Gasteiger partial charge in [-0.2, -0.15) is 0 Å². The molecule has 0 aromatic heterocycles. The fraction of sp³-hybridized carbons (Fsp3) is 0.400. The fourth-order valence-corrected chi connectivity index (χ4v) is 0.978. The molecule has 0 aliphatic carbocycles. The maximum Gasteiger partial charge on any atom is 0.119 e. The molecular formula is C10H14ClNO. The van der Waals surface area contributed by atoms with Gasteiger partial charge in [0.1, 0.15) is 12.4 Å². The predicted octanol–water partition coefficient (Wildman–Crippen LogP) is 2.46. The minimum atomic E-state index is 0.107. The Labute approximate surface area is 83.6 Å². The van der Waals surface area contributed by atoms with Crippen LogP contribution in [-0.2, 0) is 0 Å². The summed E-state index contributed by atoms with van der Waals surface area (Å²) in [4.78, 5) is 0. The van der Waals surface area contributed by atoms with Crippen molar-refractivity contribution in [2.45, 2.75) is 19.4 Å². The minimum Gasteiger partial charge on any atom is -0.492 e. The second-order valence-electron chi connectivity index (χ2n) is 2.93. The number of benzene rings is 1. The summed E-state index contributed by atoms with van der Waals surface area (Å²) in [5, 5.41) is 0.715. The second-order valence-corrected chi connectivity index (χ2v) is 3.37. The zero-order valence-electron chi connectivity index (χ0n) is 7.66. The molecule has 0 spiro atoms. The summed E-state index contributed by atoms with van der Waals surface area (Å²) in [5.74, 6) is 0.813. The molecule has 1 aromatic rings. The summed E-state index contributed by atoms with van der Waals surface area (Å²) < 4.78 is 5.43. The van der Waals surface area contributed by atoms with Crippen molar-refractivity contribution in [2.24, 2.45) is 5.73 Å². The Morgan fingerprint density at radius 1 is 1.38 bits per heavy atom. The van der Waals surface area contributed by atoms with E-state index < -0.39 is 0 Å². The van der Waals surface area contributed by atoms with E-state index in [1.165, 1.54) is 0 Å². The first-order valence-electron chi connectivity index (χ1n) is 4.36. The fourth-order valence-electron chi connectivity index (χ4n) is 0.852. The molecule has 13 heavy (non-hydrogen) atoms. The van der Waals surface area contributed by atoms with Crippen LogP contribution in [-0.4, -0.2) is 12.6 Å². The van der Waals surface area contributed by atoms with Crippen LogP contribution in [0.2, 0.25) is 5.02 Å². The van der Waals surface area contributed by atoms with Crippen LogP contribution in [0.4, 0.5) is 0 Å². The van der Waals surface area contributed by atoms with E-state index in [2.05, 4.69) is 0 Å². The SMILES string of the molecule is CC[C@@H](N)COc1ccc(Cl)cc1. The Hall–Kier alpha value is -0.730. The molecule has 0 saturated heterocycles. The molecule has 1 rings (SSSR count). The van der Waals surface area contributed by atoms with Crippen molar-refractivity contribution < 1.29 is 4.74 Å². The lowest BCUT2D eigenvalue weighted by Gasteiger charge is -2.10. The van der Waals surface area contributed by atoms with Gasteiger partial charge in [0.15, 0.2) is 0 Å². The Bertz CT molecular complexity index is 248. The monoisotopic (exact) mass is 199 g/mol. The van der Waals surface area contributed by atoms with Crippen molar-refractivity contribution in [3.63, 3.8) is 0 Å². The Morgan fingerprint density at radius 2 is 2.00 bits per heavy atom. The van der Waals surface area contributed by atoms with E-state index in [0.717, 1.165) is 12.2 Å². The number of ether oxygens (including phenoxy) is 1. The van der Waals surface area contributed by atoms with Gasteiger partial charge in [0, 0.05) is 11.1 Å². The van der Waals surface area contributed by atoms with Crippen molar-refractivity contribution in [3.05, 3.63) is 29.3 Å². The maximum absolute atomic E-state index is 5.72. The molecule has 1 aromatic carbocycles. The average Bonchev–Trinajstić information content (AvgIpc) is 2.16. The molecule has 1 atom stereocenters. The average molecular weight is 200 g/mol. The van der Waals surface area contributed by atoms with E-state index in [9.17, 15) is 0 Å². The predicted molar refractivity (Wildman–Crippen MR) is 55.2 cm³/mol. The summed E-state index contributed by atoms with van der Waals surface area (Å²) in [7, 11) is 0. The summed E-state index contributed by atoms with van der Waals surface area (Å²) in [5.41, 5.74) is 5.70. The van der Waals surface area contributed by atoms with Crippen LogP contribution in [0.25, 0.3) is 0 Å². The molecule has 2 nitrogen and oxygen atoms in total. The first kappa shape index (κ1) is 10.4. The lowest BCUT2D eigenvalue weighted by molar-refractivity contribution is 0.285. The number of rotatable bonds is 4. The molecule has 0 radical (unpaired) electrons. The van der Waals surface area contributed by atoms with Gasteiger partial charge in [-0.1, -0.05) is 18.5 Å². The third-order valence-electron chi connectivity index (χ3n) is 1.80. The lowest BCUT2D eigenvalue weighted by atomic mass is 10.2. The number of nitrogens with two attached hydrogens (primary N) is 1. The third-order valence-corrected chi connectivity index (χ3v) is 2.05. The highest BCUT2D eigenvalue weighted by atomic mass is 35.5. The molecule has 0 saturated carbocycles. The lowest BCUT2D eigenvalue weighted by Crippen LogP contribution is -2.26. The van der Waals surface area contributed by atoms with Crippen LogP contribution in [0.1, 0.15) is 13.3 Å². The van der Waals surface area contributed by atoms with Crippen LogP contribution in [0.5, 0.6) is 5.75 Å². The molecule has 0 fully saturated rings. The van der Waals surface area contributed by atoms with Crippen LogP contribution in [0.3, 0.4) is 0 Å². The van der Waals surface area contributed by atoms with E-state index >= 15 is 0 Å². The highest BCUT2D eigenvalue weighted by Gasteiger charge is 1.99. The van der Waals surface area contributed by atoms with Crippen LogP contribution >= 0.6 is 11.6 Å². The highest BCUT2D eigenvalue weighted by Crippen LogP contribution is 2.15. The zero-order valence-corrected chi connectivity index (χ0v) is 8.42. The maximum atomic E-state index is 5.72. The third kappa shape index (κ3) is 3.66. The summed E-state index contributed by atoms with van der Waals surface area (Å²) in [6, 6.07) is 7.38. The van der Waals surface area contributed by atoms with Crippen molar-refractivity contribution in [3.8, 4) is 5.75 Å². The Morgan fingerprint density at radius 3 is 2.54 bits per heavy atom. The number of hydrogen-bond acceptors (Lipinski definition) is 2. The number of hydrogen-bond donors (Lipinski definition) is 1. The molecule has 0 bridgehead atoms. The van der Waals surface area contributed by atoms with E-state index in [1.807, 2.05) is 19.1 Å². The molecular weight excluding hydrogens is 186 g/mol. The quantitative estimate of drug-likeness (QED) is 0.809. The Balaban J connectivity index is 2.41. The smallest absolute Gasteiger partial charge is 0.119 e. The van der Waals surface area contributed by atoms with Crippen LogP contribution in [0.15, 0.2) is 24.3 Å². The zero-order chi connectivity index (χ0) is 9.68. The van der Waals surface area contributed by atoms with E-state index in [1.54, 1.807) is 12.1 Å².